The predicted molar refractivity (Wildman–Crippen MR) is 126 cm³/mol. The van der Waals surface area contributed by atoms with Crippen molar-refractivity contribution in [3.63, 3.8) is 0 Å². The first-order valence-corrected chi connectivity index (χ1v) is 12.7. The van der Waals surface area contributed by atoms with Gasteiger partial charge in [-0.05, 0) is 37.6 Å². The topological polar surface area (TPSA) is 131 Å². The normalized spacial score (nSPS) is 17.4. The lowest BCUT2D eigenvalue weighted by Crippen LogP contribution is -2.36. The molecular formula is C22H31N5O5S. The summed E-state index contributed by atoms with van der Waals surface area (Å²) in [6.07, 6.45) is 0.439. The molecule has 1 aromatic carbocycles. The van der Waals surface area contributed by atoms with Crippen molar-refractivity contribution in [1.82, 2.24) is 15.1 Å². The highest BCUT2D eigenvalue weighted by Crippen LogP contribution is 2.30. The first-order valence-electron chi connectivity index (χ1n) is 10.8. The molecule has 3 amide bonds. The molecule has 10 nitrogen and oxygen atoms in total. The molecule has 0 aliphatic carbocycles. The molecule has 3 rings (SSSR count). The Bertz CT molecular complexity index is 1100. The van der Waals surface area contributed by atoms with E-state index < -0.39 is 15.9 Å². The van der Waals surface area contributed by atoms with Crippen molar-refractivity contribution < 1.29 is 22.7 Å². The molecule has 1 aromatic heterocycles. The third-order valence-electron chi connectivity index (χ3n) is 5.16. The zero-order valence-corrected chi connectivity index (χ0v) is 20.2. The monoisotopic (exact) mass is 477 g/mol. The molecule has 1 unspecified atom stereocenters. The van der Waals surface area contributed by atoms with Gasteiger partial charge in [-0.1, -0.05) is 20.8 Å². The van der Waals surface area contributed by atoms with Gasteiger partial charge in [0.15, 0.2) is 9.84 Å². The van der Waals surface area contributed by atoms with Crippen LogP contribution in [0.4, 0.5) is 16.3 Å². The molecule has 0 radical (unpaired) electrons. The van der Waals surface area contributed by atoms with Gasteiger partial charge in [0.1, 0.15) is 11.6 Å². The number of ether oxygens (including phenoxy) is 1. The van der Waals surface area contributed by atoms with Crippen LogP contribution < -0.4 is 20.7 Å². The Balaban J connectivity index is 1.61. The molecule has 11 heteroatoms. The number of hydrogen-bond donors (Lipinski definition) is 3. The first kappa shape index (κ1) is 24.6. The van der Waals surface area contributed by atoms with Gasteiger partial charge in [-0.25, -0.2) is 17.9 Å². The molecule has 1 aliphatic heterocycles. The number of amides is 3. The second kappa shape index (κ2) is 9.82. The van der Waals surface area contributed by atoms with Crippen molar-refractivity contribution in [3.8, 4) is 5.75 Å². The number of aromatic nitrogens is 2. The summed E-state index contributed by atoms with van der Waals surface area (Å²) in [6, 6.07) is 7.73. The molecule has 1 saturated heterocycles. The summed E-state index contributed by atoms with van der Waals surface area (Å²) in [4.78, 5) is 24.7. The van der Waals surface area contributed by atoms with Gasteiger partial charge >= 0.3 is 6.03 Å². The predicted octanol–water partition coefficient (Wildman–Crippen LogP) is 2.70. The summed E-state index contributed by atoms with van der Waals surface area (Å²) in [5, 5.41) is 12.5. The van der Waals surface area contributed by atoms with Crippen molar-refractivity contribution >= 4 is 33.3 Å². The van der Waals surface area contributed by atoms with Crippen LogP contribution in [0.2, 0.25) is 0 Å². The number of carbonyl (C=O) groups excluding carboxylic acids is 2. The molecule has 2 heterocycles. The number of nitrogens with one attached hydrogen (secondary N) is 3. The fraction of sp³-hybridized carbons (Fsp3) is 0.500. The quantitative estimate of drug-likeness (QED) is 0.562. The van der Waals surface area contributed by atoms with Crippen LogP contribution >= 0.6 is 0 Å². The highest BCUT2D eigenvalue weighted by atomic mass is 32.2. The average Bonchev–Trinajstić information content (AvgIpc) is 3.31. The molecule has 1 aliphatic rings. The van der Waals surface area contributed by atoms with E-state index in [0.717, 1.165) is 5.69 Å². The standard InChI is InChI=1S/C22H31N5O5S/c1-5-32-17-8-6-15(7-9-17)24-20(28)13-23-21(29)25-19-12-18(22(2,3)4)26-27(19)16-10-11-33(30,31)14-16/h6-9,12,16H,5,10-11,13-14H2,1-4H3,(H,24,28)(H2,23,25,29). The summed E-state index contributed by atoms with van der Waals surface area (Å²) >= 11 is 0. The van der Waals surface area contributed by atoms with E-state index in [1.54, 1.807) is 35.0 Å². The van der Waals surface area contributed by atoms with E-state index >= 15 is 0 Å². The number of anilines is 2. The Morgan fingerprint density at radius 2 is 1.88 bits per heavy atom. The third kappa shape index (κ3) is 6.70. The van der Waals surface area contributed by atoms with Crippen molar-refractivity contribution in [2.24, 2.45) is 0 Å². The van der Waals surface area contributed by atoms with Gasteiger partial charge in [0.25, 0.3) is 0 Å². The minimum absolute atomic E-state index is 0.0148. The van der Waals surface area contributed by atoms with Crippen LogP contribution in [0.3, 0.4) is 0 Å². The number of carbonyl (C=O) groups is 2. The number of nitrogens with zero attached hydrogens (tertiary/aromatic N) is 2. The van der Waals surface area contributed by atoms with Crippen LogP contribution in [-0.2, 0) is 20.0 Å². The molecule has 0 spiro atoms. The van der Waals surface area contributed by atoms with Gasteiger partial charge in [-0.2, -0.15) is 5.10 Å². The zero-order chi connectivity index (χ0) is 24.2. The Hall–Kier alpha value is -3.08. The van der Waals surface area contributed by atoms with Gasteiger partial charge in [0.2, 0.25) is 5.91 Å². The maximum atomic E-state index is 12.5. The fourth-order valence-electron chi connectivity index (χ4n) is 3.43. The second-order valence-corrected chi connectivity index (χ2v) is 11.2. The second-order valence-electron chi connectivity index (χ2n) is 8.98. The average molecular weight is 478 g/mol. The largest absolute Gasteiger partial charge is 0.494 e. The van der Waals surface area contributed by atoms with Gasteiger partial charge < -0.3 is 15.4 Å². The highest BCUT2D eigenvalue weighted by molar-refractivity contribution is 7.91. The molecule has 2 aromatic rings. The van der Waals surface area contributed by atoms with Crippen LogP contribution in [-0.4, -0.2) is 54.8 Å². The van der Waals surface area contributed by atoms with E-state index in [1.807, 2.05) is 27.7 Å². The van der Waals surface area contributed by atoms with Gasteiger partial charge in [0, 0.05) is 17.2 Å². The van der Waals surface area contributed by atoms with E-state index in [2.05, 4.69) is 21.0 Å². The van der Waals surface area contributed by atoms with E-state index in [4.69, 9.17) is 4.74 Å². The summed E-state index contributed by atoms with van der Waals surface area (Å²) in [6.45, 7) is 8.16. The zero-order valence-electron chi connectivity index (χ0n) is 19.3. The molecule has 180 valence electrons. The lowest BCUT2D eigenvalue weighted by atomic mass is 9.92. The first-order chi connectivity index (χ1) is 15.5. The molecular weight excluding hydrogens is 446 g/mol. The van der Waals surface area contributed by atoms with Crippen molar-refractivity contribution in [2.45, 2.75) is 45.6 Å². The molecule has 0 bridgehead atoms. The lowest BCUT2D eigenvalue weighted by molar-refractivity contribution is -0.115. The summed E-state index contributed by atoms with van der Waals surface area (Å²) < 4.78 is 30.8. The Labute approximate surface area is 194 Å². The van der Waals surface area contributed by atoms with E-state index in [9.17, 15) is 18.0 Å². The lowest BCUT2D eigenvalue weighted by Gasteiger charge is -2.15. The minimum Gasteiger partial charge on any atom is -0.494 e. The SMILES string of the molecule is CCOc1ccc(NC(=O)CNC(=O)Nc2cc(C(C)(C)C)nn2C2CCS(=O)(=O)C2)cc1. The Kier molecular flexibility index (Phi) is 7.31. The van der Waals surface area contributed by atoms with Crippen LogP contribution in [0.15, 0.2) is 30.3 Å². The van der Waals surface area contributed by atoms with Gasteiger partial charge in [-0.3, -0.25) is 10.1 Å². The van der Waals surface area contributed by atoms with Crippen molar-refractivity contribution in [3.05, 3.63) is 36.0 Å². The molecule has 1 atom stereocenters. The molecule has 33 heavy (non-hydrogen) atoms. The van der Waals surface area contributed by atoms with Crippen LogP contribution in [0.1, 0.15) is 45.9 Å². The summed E-state index contributed by atoms with van der Waals surface area (Å²) in [5.74, 6) is 0.791. The maximum absolute atomic E-state index is 12.5. The van der Waals surface area contributed by atoms with Crippen LogP contribution in [0, 0.1) is 0 Å². The highest BCUT2D eigenvalue weighted by Gasteiger charge is 2.32. The number of benzene rings is 1. The molecule has 1 fully saturated rings. The number of rotatable bonds is 7. The van der Waals surface area contributed by atoms with Crippen molar-refractivity contribution in [1.29, 1.82) is 0 Å². The summed E-state index contributed by atoms with van der Waals surface area (Å²) in [5.41, 5.74) is 1.03. The Morgan fingerprint density at radius 3 is 2.45 bits per heavy atom. The molecule has 3 N–H and O–H groups in total. The van der Waals surface area contributed by atoms with Gasteiger partial charge in [0.05, 0.1) is 36.4 Å². The van der Waals surface area contributed by atoms with E-state index in [1.165, 1.54) is 0 Å². The number of sulfone groups is 1. The number of hydrogen-bond acceptors (Lipinski definition) is 6. The smallest absolute Gasteiger partial charge is 0.320 e. The van der Waals surface area contributed by atoms with E-state index in [-0.39, 0.29) is 35.4 Å². The minimum atomic E-state index is -3.12. The fourth-order valence-corrected chi connectivity index (χ4v) is 5.12. The summed E-state index contributed by atoms with van der Waals surface area (Å²) in [7, 11) is -3.12. The third-order valence-corrected chi connectivity index (χ3v) is 6.91. The Morgan fingerprint density at radius 1 is 1.18 bits per heavy atom. The maximum Gasteiger partial charge on any atom is 0.320 e. The molecule has 0 saturated carbocycles. The number of urea groups is 1. The van der Waals surface area contributed by atoms with Crippen LogP contribution in [0.25, 0.3) is 0 Å². The van der Waals surface area contributed by atoms with Gasteiger partial charge in [-0.15, -0.1) is 0 Å². The van der Waals surface area contributed by atoms with Crippen LogP contribution in [0.5, 0.6) is 5.75 Å². The van der Waals surface area contributed by atoms with Crippen molar-refractivity contribution in [2.75, 3.05) is 35.3 Å². The van der Waals surface area contributed by atoms with E-state index in [0.29, 0.717) is 30.3 Å².